The molecule has 1 spiro atoms. The van der Waals surface area contributed by atoms with Crippen LogP contribution < -0.4 is 5.32 Å². The predicted molar refractivity (Wildman–Crippen MR) is 83.4 cm³/mol. The lowest BCUT2D eigenvalue weighted by Crippen LogP contribution is -2.60. The van der Waals surface area contributed by atoms with Gasteiger partial charge in [0, 0.05) is 51.1 Å². The summed E-state index contributed by atoms with van der Waals surface area (Å²) in [6.07, 6.45) is 4.46. The lowest BCUT2D eigenvalue weighted by molar-refractivity contribution is -0.194. The fourth-order valence-corrected chi connectivity index (χ4v) is 4.25. The van der Waals surface area contributed by atoms with Gasteiger partial charge in [-0.05, 0) is 26.4 Å². The number of piperazine rings is 1. The summed E-state index contributed by atoms with van der Waals surface area (Å²) in [6, 6.07) is 1.12. The van der Waals surface area contributed by atoms with Crippen molar-refractivity contribution >= 4 is 0 Å². The van der Waals surface area contributed by atoms with Crippen molar-refractivity contribution in [3.63, 3.8) is 0 Å². The lowest BCUT2D eigenvalue weighted by Gasteiger charge is -2.48. The first-order valence-electron chi connectivity index (χ1n) is 8.68. The molecule has 2 atom stereocenters. The lowest BCUT2D eigenvalue weighted by atomic mass is 9.84. The predicted octanol–water partition coefficient (Wildman–Crippen LogP) is 0.898. The molecule has 0 aromatic heterocycles. The summed E-state index contributed by atoms with van der Waals surface area (Å²) in [5.74, 6) is -0.279. The van der Waals surface area contributed by atoms with Crippen molar-refractivity contribution in [2.45, 2.75) is 50.5 Å². The molecular weight excluding hydrogens is 266 g/mol. The van der Waals surface area contributed by atoms with Gasteiger partial charge in [0.2, 0.25) is 0 Å². The van der Waals surface area contributed by atoms with E-state index in [0.717, 1.165) is 32.5 Å². The van der Waals surface area contributed by atoms with Crippen LogP contribution >= 0.6 is 0 Å². The molecule has 3 fully saturated rings. The van der Waals surface area contributed by atoms with Crippen LogP contribution in [0.2, 0.25) is 0 Å². The maximum absolute atomic E-state index is 5.97. The second kappa shape index (κ2) is 6.92. The van der Waals surface area contributed by atoms with E-state index in [1.165, 1.54) is 39.1 Å². The van der Waals surface area contributed by atoms with Crippen molar-refractivity contribution in [2.24, 2.45) is 0 Å². The Kier molecular flexibility index (Phi) is 5.17. The third-order valence-electron chi connectivity index (χ3n) is 5.42. The smallest absolute Gasteiger partial charge is 0.170 e. The van der Waals surface area contributed by atoms with Crippen molar-refractivity contribution in [1.82, 2.24) is 15.1 Å². The first-order chi connectivity index (χ1) is 10.3. The van der Waals surface area contributed by atoms with Crippen molar-refractivity contribution < 1.29 is 9.47 Å². The highest BCUT2D eigenvalue weighted by Crippen LogP contribution is 2.38. The number of rotatable bonds is 4. The van der Waals surface area contributed by atoms with Crippen LogP contribution in [0.25, 0.3) is 0 Å². The Balaban J connectivity index is 1.61. The van der Waals surface area contributed by atoms with Gasteiger partial charge in [-0.25, -0.2) is 0 Å². The molecule has 5 nitrogen and oxygen atoms in total. The van der Waals surface area contributed by atoms with Gasteiger partial charge in [0.1, 0.15) is 0 Å². The highest BCUT2D eigenvalue weighted by Gasteiger charge is 2.46. The summed E-state index contributed by atoms with van der Waals surface area (Å²) in [5.41, 5.74) is 0. The molecule has 5 heteroatoms. The molecule has 3 aliphatic rings. The maximum atomic E-state index is 5.97. The fourth-order valence-electron chi connectivity index (χ4n) is 4.25. The van der Waals surface area contributed by atoms with E-state index in [9.17, 15) is 0 Å². The number of nitrogens with zero attached hydrogens (tertiary/aromatic N) is 2. The van der Waals surface area contributed by atoms with Gasteiger partial charge >= 0.3 is 0 Å². The van der Waals surface area contributed by atoms with E-state index in [0.29, 0.717) is 12.1 Å². The van der Waals surface area contributed by atoms with Crippen LogP contribution in [0.15, 0.2) is 0 Å². The fraction of sp³-hybridized carbons (Fsp3) is 1.00. The van der Waals surface area contributed by atoms with Crippen LogP contribution in [0.3, 0.4) is 0 Å². The van der Waals surface area contributed by atoms with Crippen LogP contribution in [0, 0.1) is 0 Å². The van der Waals surface area contributed by atoms with Gasteiger partial charge in [0.15, 0.2) is 5.79 Å². The maximum Gasteiger partial charge on any atom is 0.170 e. The van der Waals surface area contributed by atoms with Gasteiger partial charge in [-0.15, -0.1) is 0 Å². The van der Waals surface area contributed by atoms with Gasteiger partial charge in [-0.1, -0.05) is 6.92 Å². The topological polar surface area (TPSA) is 37.0 Å². The monoisotopic (exact) mass is 297 g/mol. The second-order valence-electron chi connectivity index (χ2n) is 6.69. The highest BCUT2D eigenvalue weighted by molar-refractivity contribution is 4.97. The quantitative estimate of drug-likeness (QED) is 0.834. The van der Waals surface area contributed by atoms with Crippen LogP contribution in [-0.4, -0.2) is 80.7 Å². The van der Waals surface area contributed by atoms with Crippen molar-refractivity contribution in [1.29, 1.82) is 0 Å². The Bertz CT molecular complexity index is 325. The molecule has 1 N–H and O–H groups in total. The van der Waals surface area contributed by atoms with Gasteiger partial charge in [0.25, 0.3) is 0 Å². The van der Waals surface area contributed by atoms with E-state index in [-0.39, 0.29) is 5.79 Å². The molecule has 1 aliphatic carbocycles. The number of ether oxygens (including phenoxy) is 2. The Labute approximate surface area is 128 Å². The average molecular weight is 297 g/mol. The zero-order valence-electron chi connectivity index (χ0n) is 13.6. The van der Waals surface area contributed by atoms with E-state index in [1.54, 1.807) is 0 Å². The molecule has 0 aromatic rings. The Morgan fingerprint density at radius 2 is 1.86 bits per heavy atom. The highest BCUT2D eigenvalue weighted by atomic mass is 16.7. The molecule has 3 rings (SSSR count). The number of hydrogen-bond donors (Lipinski definition) is 1. The zero-order valence-corrected chi connectivity index (χ0v) is 13.6. The SMILES string of the molecule is CCCN1CCN(C2CC3(CCC2NC)OCCO3)CC1. The molecule has 2 heterocycles. The Morgan fingerprint density at radius 3 is 2.48 bits per heavy atom. The van der Waals surface area contributed by atoms with Crippen LogP contribution in [0.5, 0.6) is 0 Å². The van der Waals surface area contributed by atoms with Crippen LogP contribution in [-0.2, 0) is 9.47 Å². The third kappa shape index (κ3) is 3.42. The minimum Gasteiger partial charge on any atom is -0.347 e. The zero-order chi connectivity index (χ0) is 14.7. The standard InChI is InChI=1S/C16H31N3O2/c1-3-6-18-7-9-19(10-8-18)15-13-16(20-11-12-21-16)5-4-14(15)17-2/h14-15,17H,3-13H2,1-2H3. The molecule has 0 amide bonds. The number of likely N-dealkylation sites (N-methyl/N-ethyl adjacent to an activating group) is 1. The van der Waals surface area contributed by atoms with Crippen molar-refractivity contribution in [2.75, 3.05) is 53.0 Å². The van der Waals surface area contributed by atoms with E-state index < -0.39 is 0 Å². The van der Waals surface area contributed by atoms with E-state index in [1.807, 2.05) is 0 Å². The summed E-state index contributed by atoms with van der Waals surface area (Å²) in [6.45, 7) is 9.80. The Hall–Kier alpha value is -0.200. The summed E-state index contributed by atoms with van der Waals surface area (Å²) in [7, 11) is 2.10. The minimum absolute atomic E-state index is 0.279. The molecule has 2 aliphatic heterocycles. The molecule has 0 bridgehead atoms. The molecule has 0 aromatic carbocycles. The van der Waals surface area contributed by atoms with Crippen LogP contribution in [0.4, 0.5) is 0 Å². The third-order valence-corrected chi connectivity index (χ3v) is 5.42. The molecule has 0 radical (unpaired) electrons. The molecule has 122 valence electrons. The summed E-state index contributed by atoms with van der Waals surface area (Å²) in [5, 5.41) is 3.53. The summed E-state index contributed by atoms with van der Waals surface area (Å²) in [4.78, 5) is 5.26. The number of hydrogen-bond acceptors (Lipinski definition) is 5. The molecule has 1 saturated carbocycles. The van der Waals surface area contributed by atoms with Gasteiger partial charge in [0.05, 0.1) is 13.2 Å². The normalized spacial score (nSPS) is 34.6. The minimum atomic E-state index is -0.279. The van der Waals surface area contributed by atoms with Crippen molar-refractivity contribution in [3.8, 4) is 0 Å². The van der Waals surface area contributed by atoms with Gasteiger partial charge in [-0.3, -0.25) is 4.90 Å². The Morgan fingerprint density at radius 1 is 1.14 bits per heavy atom. The molecule has 2 saturated heterocycles. The van der Waals surface area contributed by atoms with Crippen molar-refractivity contribution in [3.05, 3.63) is 0 Å². The largest absolute Gasteiger partial charge is 0.347 e. The van der Waals surface area contributed by atoms with E-state index >= 15 is 0 Å². The summed E-state index contributed by atoms with van der Waals surface area (Å²) < 4.78 is 11.9. The average Bonchev–Trinajstić information content (AvgIpc) is 2.96. The molecular formula is C16H31N3O2. The first-order valence-corrected chi connectivity index (χ1v) is 8.68. The first kappa shape index (κ1) is 15.7. The van der Waals surface area contributed by atoms with E-state index in [4.69, 9.17) is 9.47 Å². The molecule has 21 heavy (non-hydrogen) atoms. The summed E-state index contributed by atoms with van der Waals surface area (Å²) >= 11 is 0. The van der Waals surface area contributed by atoms with Gasteiger partial charge < -0.3 is 19.7 Å². The second-order valence-corrected chi connectivity index (χ2v) is 6.69. The number of nitrogens with one attached hydrogen (secondary N) is 1. The van der Waals surface area contributed by atoms with Crippen LogP contribution in [0.1, 0.15) is 32.6 Å². The van der Waals surface area contributed by atoms with E-state index in [2.05, 4.69) is 29.1 Å². The van der Waals surface area contributed by atoms with Gasteiger partial charge in [-0.2, -0.15) is 0 Å². The molecule has 2 unspecified atom stereocenters.